The van der Waals surface area contributed by atoms with E-state index in [1.807, 2.05) is 48.5 Å². The summed E-state index contributed by atoms with van der Waals surface area (Å²) in [5.74, 6) is 0.672. The summed E-state index contributed by atoms with van der Waals surface area (Å²) in [7, 11) is 0. The van der Waals surface area contributed by atoms with Crippen molar-refractivity contribution in [2.75, 3.05) is 0 Å². The van der Waals surface area contributed by atoms with E-state index in [1.165, 1.54) is 64.6 Å². The summed E-state index contributed by atoms with van der Waals surface area (Å²) in [4.78, 5) is 11.2. The van der Waals surface area contributed by atoms with E-state index in [0.29, 0.717) is 23.4 Å². The smallest absolute Gasteiger partial charge is 0.156 e. The first-order chi connectivity index (χ1) is 36.6. The monoisotopic (exact) mass is 938 g/mol. The molecule has 0 amide bonds. The molecule has 0 atom stereocenters. The average molecular weight is 939 g/mol. The Morgan fingerprint density at radius 2 is 0.703 bits per heavy atom. The summed E-state index contributed by atoms with van der Waals surface area (Å²) in [6, 6.07) is 82.2. The van der Waals surface area contributed by atoms with Gasteiger partial charge in [0.2, 0.25) is 0 Å². The van der Waals surface area contributed by atoms with E-state index in [2.05, 4.69) is 194 Å². The molecule has 0 fully saturated rings. The number of fused-ring (bicyclic) bond motifs is 13. The second kappa shape index (κ2) is 17.4. The van der Waals surface area contributed by atoms with Crippen LogP contribution in [0.15, 0.2) is 231 Å². The summed E-state index contributed by atoms with van der Waals surface area (Å²) in [5, 5.41) is 35.7. The molecule has 0 N–H and O–H groups in total. The Labute approximate surface area is 427 Å². The molecular weight excluding hydrogens is 897 g/mol. The molecule has 0 radical (unpaired) electrons. The fraction of sp³-hybridized carbons (Fsp3) is 0.0286. The van der Waals surface area contributed by atoms with Gasteiger partial charge in [-0.3, -0.25) is 0 Å². The molecule has 342 valence electrons. The zero-order valence-electron chi connectivity index (χ0n) is 40.1. The van der Waals surface area contributed by atoms with Crippen molar-refractivity contribution in [1.29, 1.82) is 10.5 Å². The molecule has 4 heteroatoms. The minimum absolute atomic E-state index is 0.630. The molecule has 0 aliphatic heterocycles. The van der Waals surface area contributed by atoms with Gasteiger partial charge in [0.1, 0.15) is 0 Å². The Bertz CT molecular complexity index is 4610. The zero-order valence-corrected chi connectivity index (χ0v) is 40.1. The second-order valence-corrected chi connectivity index (χ2v) is 19.3. The topological polar surface area (TPSA) is 73.4 Å². The van der Waals surface area contributed by atoms with Crippen LogP contribution in [0.25, 0.3) is 131 Å². The zero-order chi connectivity index (χ0) is 49.3. The Morgan fingerprint density at radius 3 is 1.24 bits per heavy atom. The molecule has 13 aromatic rings. The fourth-order valence-corrected chi connectivity index (χ4v) is 11.7. The normalized spacial score (nSPS) is 12.6. The van der Waals surface area contributed by atoms with Crippen LogP contribution in [0.1, 0.15) is 35.4 Å². The van der Waals surface area contributed by atoms with Gasteiger partial charge >= 0.3 is 0 Å². The van der Waals surface area contributed by atoms with Gasteiger partial charge in [-0.05, 0) is 158 Å². The molecule has 0 saturated heterocycles. The maximum Gasteiger partial charge on any atom is 0.156 e. The molecule has 1 aliphatic carbocycles. The van der Waals surface area contributed by atoms with Crippen LogP contribution in [-0.4, -0.2) is 9.97 Å². The maximum absolute atomic E-state index is 10.1. The van der Waals surface area contributed by atoms with Crippen LogP contribution < -0.4 is 0 Å². The Kier molecular flexibility index (Phi) is 10.1. The van der Waals surface area contributed by atoms with E-state index in [9.17, 15) is 10.5 Å². The lowest BCUT2D eigenvalue weighted by atomic mass is 9.88. The predicted molar refractivity (Wildman–Crippen MR) is 307 cm³/mol. The third-order valence-electron chi connectivity index (χ3n) is 15.3. The number of allylic oxidation sites excluding steroid dienone is 4. The van der Waals surface area contributed by atoms with Crippen molar-refractivity contribution in [2.45, 2.75) is 12.8 Å². The number of benzene rings is 12. The highest BCUT2D eigenvalue weighted by atomic mass is 14.9. The second-order valence-electron chi connectivity index (χ2n) is 19.3. The van der Waals surface area contributed by atoms with Gasteiger partial charge in [-0.25, -0.2) is 9.97 Å². The molecule has 12 aromatic carbocycles. The van der Waals surface area contributed by atoms with Crippen LogP contribution in [0.3, 0.4) is 0 Å². The molecule has 0 unspecified atom stereocenters. The Hall–Kier alpha value is -10.0. The minimum Gasteiger partial charge on any atom is -0.228 e. The number of nitrogens with zero attached hydrogens (tertiary/aromatic N) is 4. The number of aromatic nitrogens is 2. The van der Waals surface area contributed by atoms with E-state index in [0.717, 1.165) is 78.7 Å². The van der Waals surface area contributed by atoms with Gasteiger partial charge in [0.15, 0.2) is 5.82 Å². The molecule has 1 aromatic heterocycles. The van der Waals surface area contributed by atoms with Gasteiger partial charge in [-0.1, -0.05) is 194 Å². The van der Waals surface area contributed by atoms with Crippen molar-refractivity contribution in [3.05, 3.63) is 253 Å². The lowest BCUT2D eigenvalue weighted by Gasteiger charge is -2.19. The SMILES string of the molecule is N#Cc1ccccc1C1=CC=C(c2nc(-c3ccc(-c4ccccc4C#N)cc3)c3cc(-c4ccc5c6ccccc6c6ccccc6c5c4)cc(-c4ccc5c6ccccc6c6ccccc6c5c4)c3n2)CC1. The van der Waals surface area contributed by atoms with E-state index in [4.69, 9.17) is 9.97 Å². The quantitative estimate of drug-likeness (QED) is 0.156. The lowest BCUT2D eigenvalue weighted by molar-refractivity contribution is 1.03. The number of hydrogen-bond donors (Lipinski definition) is 0. The molecule has 0 spiro atoms. The van der Waals surface area contributed by atoms with E-state index < -0.39 is 0 Å². The number of rotatable bonds is 6. The Morgan fingerprint density at radius 1 is 0.297 bits per heavy atom. The summed E-state index contributed by atoms with van der Waals surface area (Å²) in [5.41, 5.74) is 13.1. The number of hydrogen-bond acceptors (Lipinski definition) is 4. The Balaban J connectivity index is 1.05. The van der Waals surface area contributed by atoms with Crippen LogP contribution in [-0.2, 0) is 0 Å². The molecule has 74 heavy (non-hydrogen) atoms. The molecule has 4 nitrogen and oxygen atoms in total. The fourth-order valence-electron chi connectivity index (χ4n) is 11.7. The molecule has 0 saturated carbocycles. The van der Waals surface area contributed by atoms with Gasteiger partial charge in [0.05, 0.1) is 34.5 Å². The molecule has 1 aliphatic rings. The van der Waals surface area contributed by atoms with Crippen LogP contribution in [0.2, 0.25) is 0 Å². The van der Waals surface area contributed by atoms with Crippen molar-refractivity contribution in [3.8, 4) is 56.8 Å². The summed E-state index contributed by atoms with van der Waals surface area (Å²) in [6.45, 7) is 0. The van der Waals surface area contributed by atoms with Crippen LogP contribution >= 0.6 is 0 Å². The largest absolute Gasteiger partial charge is 0.228 e. The summed E-state index contributed by atoms with van der Waals surface area (Å²) in [6.07, 6.45) is 5.74. The minimum atomic E-state index is 0.630. The maximum atomic E-state index is 10.1. The van der Waals surface area contributed by atoms with Crippen molar-refractivity contribution in [3.63, 3.8) is 0 Å². The summed E-state index contributed by atoms with van der Waals surface area (Å²) >= 11 is 0. The average Bonchev–Trinajstić information content (AvgIpc) is 3.49. The number of nitriles is 2. The predicted octanol–water partition coefficient (Wildman–Crippen LogP) is 18.2. The van der Waals surface area contributed by atoms with E-state index in [1.54, 1.807) is 0 Å². The van der Waals surface area contributed by atoms with Crippen molar-refractivity contribution >= 4 is 86.7 Å². The van der Waals surface area contributed by atoms with Gasteiger partial charge in [-0.2, -0.15) is 10.5 Å². The van der Waals surface area contributed by atoms with Crippen LogP contribution in [0, 0.1) is 22.7 Å². The highest BCUT2D eigenvalue weighted by Crippen LogP contribution is 2.44. The van der Waals surface area contributed by atoms with Gasteiger partial charge in [0.25, 0.3) is 0 Å². The summed E-state index contributed by atoms with van der Waals surface area (Å²) < 4.78 is 0. The van der Waals surface area contributed by atoms with E-state index >= 15 is 0 Å². The first-order valence-electron chi connectivity index (χ1n) is 25.1. The third-order valence-corrected chi connectivity index (χ3v) is 15.3. The van der Waals surface area contributed by atoms with Crippen molar-refractivity contribution in [1.82, 2.24) is 9.97 Å². The molecule has 1 heterocycles. The van der Waals surface area contributed by atoms with E-state index in [-0.39, 0.29) is 0 Å². The highest BCUT2D eigenvalue weighted by molar-refractivity contribution is 6.27. The first kappa shape index (κ1) is 42.8. The van der Waals surface area contributed by atoms with Crippen LogP contribution in [0.4, 0.5) is 0 Å². The third kappa shape index (κ3) is 6.96. The van der Waals surface area contributed by atoms with Gasteiger partial charge < -0.3 is 0 Å². The molecule has 0 bridgehead atoms. The lowest BCUT2D eigenvalue weighted by Crippen LogP contribution is -2.03. The van der Waals surface area contributed by atoms with Crippen molar-refractivity contribution < 1.29 is 0 Å². The first-order valence-corrected chi connectivity index (χ1v) is 25.1. The molecular formula is C70H42N4. The van der Waals surface area contributed by atoms with Gasteiger partial charge in [0, 0.05) is 16.5 Å². The highest BCUT2D eigenvalue weighted by Gasteiger charge is 2.22. The standard InChI is InChI=1S/C70H42N4/c71-41-49-13-1-3-15-52(49)43-25-29-45(30-26-43)68-67-40-51(47-33-35-62-58-21-7-5-17-54(58)56-19-9-11-23-60(56)65(62)37-47)39-64(48-34-36-63-59-22-8-6-18-55(59)57-20-10-12-24-61(57)66(63)38-48)69(67)74-70(73-68)46-31-27-44(28-32-46)53-16-4-2-14-50(53)42-72/h1-27,29-31,33-40H,28,32H2. The molecule has 14 rings (SSSR count). The van der Waals surface area contributed by atoms with Crippen molar-refractivity contribution in [2.24, 2.45) is 0 Å². The van der Waals surface area contributed by atoms with Crippen LogP contribution in [0.5, 0.6) is 0 Å². The van der Waals surface area contributed by atoms with Gasteiger partial charge in [-0.15, -0.1) is 0 Å².